The molecule has 1 saturated carbocycles. The second-order valence-electron chi connectivity index (χ2n) is 4.17. The van der Waals surface area contributed by atoms with E-state index in [0.29, 0.717) is 12.8 Å². The van der Waals surface area contributed by atoms with Gasteiger partial charge in [-0.2, -0.15) is 0 Å². The van der Waals surface area contributed by atoms with Gasteiger partial charge in [-0.3, -0.25) is 4.79 Å². The van der Waals surface area contributed by atoms with Gasteiger partial charge in [-0.05, 0) is 25.7 Å². The van der Waals surface area contributed by atoms with Crippen LogP contribution in [0.3, 0.4) is 0 Å². The van der Waals surface area contributed by atoms with E-state index in [1.807, 2.05) is 0 Å². The summed E-state index contributed by atoms with van der Waals surface area (Å²) in [5.41, 5.74) is 0. The Bertz CT molecular complexity index is 261. The van der Waals surface area contributed by atoms with Crippen molar-refractivity contribution in [2.45, 2.75) is 38.4 Å². The van der Waals surface area contributed by atoms with E-state index >= 15 is 0 Å². The third kappa shape index (κ3) is 2.76. The minimum atomic E-state index is -1.26. The number of aliphatic carboxylic acids is 1. The molecule has 1 aliphatic carbocycles. The summed E-state index contributed by atoms with van der Waals surface area (Å²) in [7, 11) is 0. The van der Waals surface area contributed by atoms with Gasteiger partial charge in [0.05, 0.1) is 18.1 Å². The molecule has 15 heavy (non-hydrogen) atoms. The maximum atomic E-state index is 10.9. The molecule has 1 unspecified atom stereocenters. The standard InChI is InChI=1S/C10H16O5/c1-5(11)4-6-2-3-7(10(14)15)9(13)8(6)12/h6-9,12-13H,2-4H2,1H3,(H,14,15)/t6?,7-,8+,9-/m0/s1. The van der Waals surface area contributed by atoms with Crippen molar-refractivity contribution in [1.29, 1.82) is 0 Å². The highest BCUT2D eigenvalue weighted by molar-refractivity contribution is 5.76. The fourth-order valence-electron chi connectivity index (χ4n) is 2.11. The molecule has 1 fully saturated rings. The molecule has 5 heteroatoms. The van der Waals surface area contributed by atoms with Gasteiger partial charge in [0.15, 0.2) is 0 Å². The second-order valence-corrected chi connectivity index (χ2v) is 4.17. The molecule has 0 saturated heterocycles. The summed E-state index contributed by atoms with van der Waals surface area (Å²) in [4.78, 5) is 21.6. The first-order valence-electron chi connectivity index (χ1n) is 5.02. The van der Waals surface area contributed by atoms with E-state index in [-0.39, 0.29) is 18.1 Å². The number of hydrogen-bond acceptors (Lipinski definition) is 4. The Labute approximate surface area is 87.7 Å². The van der Waals surface area contributed by atoms with Gasteiger partial charge < -0.3 is 20.1 Å². The van der Waals surface area contributed by atoms with Crippen LogP contribution < -0.4 is 0 Å². The van der Waals surface area contributed by atoms with Crippen LogP contribution in [0.1, 0.15) is 26.2 Å². The molecule has 0 radical (unpaired) electrons. The lowest BCUT2D eigenvalue weighted by Crippen LogP contribution is -2.46. The average molecular weight is 216 g/mol. The van der Waals surface area contributed by atoms with E-state index < -0.39 is 24.1 Å². The number of hydrogen-bond donors (Lipinski definition) is 3. The fourth-order valence-corrected chi connectivity index (χ4v) is 2.11. The number of rotatable bonds is 3. The van der Waals surface area contributed by atoms with E-state index in [1.54, 1.807) is 0 Å². The average Bonchev–Trinajstić information content (AvgIpc) is 2.12. The maximum Gasteiger partial charge on any atom is 0.309 e. The van der Waals surface area contributed by atoms with Crippen molar-refractivity contribution in [3.05, 3.63) is 0 Å². The molecule has 86 valence electrons. The second kappa shape index (κ2) is 4.72. The monoisotopic (exact) mass is 216 g/mol. The highest BCUT2D eigenvalue weighted by atomic mass is 16.4. The number of carbonyl (C=O) groups is 2. The lowest BCUT2D eigenvalue weighted by Gasteiger charge is -2.35. The lowest BCUT2D eigenvalue weighted by atomic mass is 9.76. The van der Waals surface area contributed by atoms with Crippen LogP contribution in [0, 0.1) is 11.8 Å². The first-order chi connectivity index (χ1) is 6.93. The Hall–Kier alpha value is -0.940. The molecule has 0 aromatic rings. The van der Waals surface area contributed by atoms with Gasteiger partial charge in [0.1, 0.15) is 5.78 Å². The van der Waals surface area contributed by atoms with E-state index in [2.05, 4.69) is 0 Å². The van der Waals surface area contributed by atoms with Gasteiger partial charge in [0.25, 0.3) is 0 Å². The molecule has 1 rings (SSSR count). The Kier molecular flexibility index (Phi) is 3.82. The van der Waals surface area contributed by atoms with Gasteiger partial charge in [-0.15, -0.1) is 0 Å². The minimum absolute atomic E-state index is 0.0555. The summed E-state index contributed by atoms with van der Waals surface area (Å²) in [5, 5.41) is 27.9. The van der Waals surface area contributed by atoms with Crippen molar-refractivity contribution in [3.63, 3.8) is 0 Å². The van der Waals surface area contributed by atoms with Crippen molar-refractivity contribution in [3.8, 4) is 0 Å². The molecule has 0 bridgehead atoms. The van der Waals surface area contributed by atoms with Gasteiger partial charge in [0.2, 0.25) is 0 Å². The van der Waals surface area contributed by atoms with Gasteiger partial charge >= 0.3 is 5.97 Å². The van der Waals surface area contributed by atoms with Crippen LogP contribution in [-0.2, 0) is 9.59 Å². The zero-order valence-corrected chi connectivity index (χ0v) is 8.59. The van der Waals surface area contributed by atoms with E-state index in [4.69, 9.17) is 5.11 Å². The maximum absolute atomic E-state index is 10.9. The molecule has 0 spiro atoms. The van der Waals surface area contributed by atoms with Crippen molar-refractivity contribution in [2.75, 3.05) is 0 Å². The summed E-state index contributed by atoms with van der Waals surface area (Å²) < 4.78 is 0. The molecule has 4 atom stereocenters. The SMILES string of the molecule is CC(=O)CC1CC[C@H](C(=O)O)[C@H](O)[C@@H]1O. The third-order valence-corrected chi connectivity index (χ3v) is 2.96. The van der Waals surface area contributed by atoms with Crippen LogP contribution in [0.2, 0.25) is 0 Å². The van der Waals surface area contributed by atoms with Crippen molar-refractivity contribution < 1.29 is 24.9 Å². The first kappa shape index (κ1) is 12.1. The molecule has 0 amide bonds. The molecule has 5 nitrogen and oxygen atoms in total. The van der Waals surface area contributed by atoms with E-state index in [9.17, 15) is 19.8 Å². The molecular formula is C10H16O5. The van der Waals surface area contributed by atoms with E-state index in [1.165, 1.54) is 6.92 Å². The Morgan fingerprint density at radius 1 is 1.20 bits per heavy atom. The van der Waals surface area contributed by atoms with Crippen LogP contribution in [0.4, 0.5) is 0 Å². The summed E-state index contributed by atoms with van der Waals surface area (Å²) in [6.07, 6.45) is -1.39. The Balaban J connectivity index is 2.64. The minimum Gasteiger partial charge on any atom is -0.481 e. The van der Waals surface area contributed by atoms with E-state index in [0.717, 1.165) is 0 Å². The predicted molar refractivity (Wildman–Crippen MR) is 51.2 cm³/mol. The smallest absolute Gasteiger partial charge is 0.309 e. The number of carboxylic acid groups (broad SMARTS) is 1. The summed E-state index contributed by atoms with van der Waals surface area (Å²) in [5.74, 6) is -2.38. The first-order valence-corrected chi connectivity index (χ1v) is 5.02. The number of aliphatic hydroxyl groups is 2. The van der Waals surface area contributed by atoms with Crippen molar-refractivity contribution in [2.24, 2.45) is 11.8 Å². The van der Waals surface area contributed by atoms with Crippen molar-refractivity contribution in [1.82, 2.24) is 0 Å². The lowest BCUT2D eigenvalue weighted by molar-refractivity contribution is -0.156. The van der Waals surface area contributed by atoms with Crippen LogP contribution in [-0.4, -0.2) is 39.3 Å². The molecule has 0 heterocycles. The topological polar surface area (TPSA) is 94.8 Å². The van der Waals surface area contributed by atoms with Gasteiger partial charge in [-0.1, -0.05) is 0 Å². The van der Waals surface area contributed by atoms with Gasteiger partial charge in [0, 0.05) is 6.42 Å². The highest BCUT2D eigenvalue weighted by Crippen LogP contribution is 2.31. The number of ketones is 1. The Morgan fingerprint density at radius 2 is 1.80 bits per heavy atom. The molecular weight excluding hydrogens is 200 g/mol. The normalized spacial score (nSPS) is 36.2. The zero-order chi connectivity index (χ0) is 11.6. The number of aliphatic hydroxyl groups excluding tert-OH is 2. The van der Waals surface area contributed by atoms with Crippen LogP contribution in [0.25, 0.3) is 0 Å². The number of carbonyl (C=O) groups excluding carboxylic acids is 1. The quantitative estimate of drug-likeness (QED) is 0.607. The van der Waals surface area contributed by atoms with Crippen LogP contribution >= 0.6 is 0 Å². The number of Topliss-reactive ketones (excluding diaryl/α,β-unsaturated/α-hetero) is 1. The zero-order valence-electron chi connectivity index (χ0n) is 8.59. The number of carboxylic acids is 1. The van der Waals surface area contributed by atoms with Crippen molar-refractivity contribution >= 4 is 11.8 Å². The summed E-state index contributed by atoms with van der Waals surface area (Å²) in [6.45, 7) is 1.42. The molecule has 0 aromatic carbocycles. The molecule has 3 N–H and O–H groups in total. The van der Waals surface area contributed by atoms with Gasteiger partial charge in [-0.25, -0.2) is 0 Å². The highest BCUT2D eigenvalue weighted by Gasteiger charge is 2.40. The third-order valence-electron chi connectivity index (χ3n) is 2.96. The predicted octanol–water partition coefficient (Wildman–Crippen LogP) is -0.202. The molecule has 0 aliphatic heterocycles. The summed E-state index contributed by atoms with van der Waals surface area (Å²) in [6, 6.07) is 0. The van der Waals surface area contributed by atoms with Crippen LogP contribution in [0.5, 0.6) is 0 Å². The summed E-state index contributed by atoms with van der Waals surface area (Å²) >= 11 is 0. The fraction of sp³-hybridized carbons (Fsp3) is 0.800. The molecule has 1 aliphatic rings. The van der Waals surface area contributed by atoms with Crippen LogP contribution in [0.15, 0.2) is 0 Å². The Morgan fingerprint density at radius 3 is 2.27 bits per heavy atom. The largest absolute Gasteiger partial charge is 0.481 e. The molecule has 0 aromatic heterocycles.